The van der Waals surface area contributed by atoms with E-state index in [0.717, 1.165) is 23.1 Å². The fraction of sp³-hybridized carbons (Fsp3) is 0.409. The first-order chi connectivity index (χ1) is 13.6. The summed E-state index contributed by atoms with van der Waals surface area (Å²) in [5.41, 5.74) is 4.32. The number of ether oxygens (including phenoxy) is 1. The van der Waals surface area contributed by atoms with Gasteiger partial charge in [0.2, 0.25) is 10.0 Å². The summed E-state index contributed by atoms with van der Waals surface area (Å²) in [4.78, 5) is 12.4. The number of hydrogen-bond donors (Lipinski definition) is 1. The van der Waals surface area contributed by atoms with E-state index in [-0.39, 0.29) is 25.1 Å². The first kappa shape index (κ1) is 22.9. The van der Waals surface area contributed by atoms with Gasteiger partial charge in [-0.2, -0.15) is 0 Å². The number of nitrogens with zero attached hydrogens (tertiary/aromatic N) is 1. The van der Waals surface area contributed by atoms with E-state index in [1.165, 1.54) is 23.2 Å². The van der Waals surface area contributed by atoms with Crippen molar-refractivity contribution in [3.63, 3.8) is 0 Å². The van der Waals surface area contributed by atoms with Crippen LogP contribution in [-0.2, 0) is 21.4 Å². The van der Waals surface area contributed by atoms with Gasteiger partial charge in [-0.25, -0.2) is 12.7 Å². The van der Waals surface area contributed by atoms with Gasteiger partial charge in [0.15, 0.2) is 6.61 Å². The highest BCUT2D eigenvalue weighted by Gasteiger charge is 2.15. The minimum absolute atomic E-state index is 0.0550. The maximum atomic E-state index is 12.4. The molecule has 0 radical (unpaired) electrons. The largest absolute Gasteiger partial charge is 0.484 e. The maximum absolute atomic E-state index is 12.4. The van der Waals surface area contributed by atoms with Gasteiger partial charge in [0, 0.05) is 13.6 Å². The van der Waals surface area contributed by atoms with E-state index < -0.39 is 10.0 Å². The molecule has 1 atom stereocenters. The van der Waals surface area contributed by atoms with Crippen molar-refractivity contribution in [2.75, 3.05) is 19.9 Å². The predicted octanol–water partition coefficient (Wildman–Crippen LogP) is 3.34. The van der Waals surface area contributed by atoms with Crippen LogP contribution < -0.4 is 10.1 Å². The Bertz CT molecular complexity index is 940. The average Bonchev–Trinajstić information content (AvgIpc) is 2.65. The Hall–Kier alpha value is -2.38. The summed E-state index contributed by atoms with van der Waals surface area (Å²) in [6, 6.07) is 13.2. The van der Waals surface area contributed by atoms with Crippen molar-refractivity contribution in [3.05, 3.63) is 64.7 Å². The van der Waals surface area contributed by atoms with Crippen LogP contribution in [0, 0.1) is 13.8 Å². The number of nitrogens with one attached hydrogen (secondary N) is 1. The summed E-state index contributed by atoms with van der Waals surface area (Å²) in [6.07, 6.45) is 1.96. The number of carbonyl (C=O) groups excluding carboxylic acids is 1. The molecule has 0 bridgehead atoms. The van der Waals surface area contributed by atoms with Gasteiger partial charge < -0.3 is 10.1 Å². The van der Waals surface area contributed by atoms with Crippen molar-refractivity contribution >= 4 is 15.9 Å². The Morgan fingerprint density at radius 3 is 2.34 bits per heavy atom. The number of amides is 1. The molecule has 0 heterocycles. The molecule has 1 unspecified atom stereocenters. The molecule has 0 fully saturated rings. The lowest BCUT2D eigenvalue weighted by Gasteiger charge is -2.20. The number of hydrogen-bond acceptors (Lipinski definition) is 4. The summed E-state index contributed by atoms with van der Waals surface area (Å²) in [5, 5.41) is 3.03. The first-order valence-corrected chi connectivity index (χ1v) is 11.4. The molecular formula is C22H30N2O4S. The van der Waals surface area contributed by atoms with Crippen LogP contribution in [0.25, 0.3) is 0 Å². The van der Waals surface area contributed by atoms with E-state index in [2.05, 4.69) is 37.4 Å². The molecule has 1 N–H and O–H groups in total. The van der Waals surface area contributed by atoms with E-state index >= 15 is 0 Å². The SMILES string of the molecule is CCC(NC(=O)COc1ccc(CN(C)S(C)(=O)=O)cc1)c1ccc(C)cc1C. The van der Waals surface area contributed by atoms with E-state index in [1.54, 1.807) is 24.3 Å². The fourth-order valence-corrected chi connectivity index (χ4v) is 3.45. The lowest BCUT2D eigenvalue weighted by molar-refractivity contribution is -0.123. The summed E-state index contributed by atoms with van der Waals surface area (Å²) >= 11 is 0. The molecule has 1 amide bonds. The lowest BCUT2D eigenvalue weighted by atomic mass is 9.97. The Morgan fingerprint density at radius 1 is 1.14 bits per heavy atom. The Balaban J connectivity index is 1.91. The van der Waals surface area contributed by atoms with Crippen molar-refractivity contribution < 1.29 is 17.9 Å². The van der Waals surface area contributed by atoms with Gasteiger partial charge in [0.25, 0.3) is 5.91 Å². The third-order valence-electron chi connectivity index (χ3n) is 4.81. The van der Waals surface area contributed by atoms with Crippen LogP contribution >= 0.6 is 0 Å². The maximum Gasteiger partial charge on any atom is 0.258 e. The van der Waals surface area contributed by atoms with E-state index in [0.29, 0.717) is 5.75 Å². The van der Waals surface area contributed by atoms with E-state index in [4.69, 9.17) is 4.74 Å². The van der Waals surface area contributed by atoms with Crippen molar-refractivity contribution in [1.82, 2.24) is 9.62 Å². The van der Waals surface area contributed by atoms with Crippen molar-refractivity contribution in [3.8, 4) is 5.75 Å². The van der Waals surface area contributed by atoms with Crippen molar-refractivity contribution in [1.29, 1.82) is 0 Å². The Kier molecular flexibility index (Phi) is 7.81. The predicted molar refractivity (Wildman–Crippen MR) is 115 cm³/mol. The molecule has 29 heavy (non-hydrogen) atoms. The summed E-state index contributed by atoms with van der Waals surface area (Å²) in [7, 11) is -1.69. The quantitative estimate of drug-likeness (QED) is 0.678. The lowest BCUT2D eigenvalue weighted by Crippen LogP contribution is -2.32. The van der Waals surface area contributed by atoms with Crippen LogP contribution in [-0.4, -0.2) is 38.5 Å². The second-order valence-electron chi connectivity index (χ2n) is 7.34. The minimum Gasteiger partial charge on any atom is -0.484 e. The zero-order valence-electron chi connectivity index (χ0n) is 17.7. The zero-order chi connectivity index (χ0) is 21.6. The molecule has 2 aromatic rings. The van der Waals surface area contributed by atoms with Gasteiger partial charge >= 0.3 is 0 Å². The molecule has 6 nitrogen and oxygen atoms in total. The van der Waals surface area contributed by atoms with Gasteiger partial charge in [-0.05, 0) is 49.1 Å². The molecule has 2 rings (SSSR count). The second-order valence-corrected chi connectivity index (χ2v) is 9.43. The molecule has 0 aliphatic rings. The minimum atomic E-state index is -3.23. The third kappa shape index (κ3) is 6.87. The van der Waals surface area contributed by atoms with Crippen LogP contribution in [0.3, 0.4) is 0 Å². The van der Waals surface area contributed by atoms with Gasteiger partial charge in [-0.15, -0.1) is 0 Å². The molecule has 0 saturated heterocycles. The molecular weight excluding hydrogens is 388 g/mol. The van der Waals surface area contributed by atoms with Crippen molar-refractivity contribution in [2.45, 2.75) is 39.8 Å². The number of aryl methyl sites for hydroxylation is 2. The van der Waals surface area contributed by atoms with E-state index in [1.807, 2.05) is 6.92 Å². The van der Waals surface area contributed by atoms with Crippen LogP contribution in [0.2, 0.25) is 0 Å². The van der Waals surface area contributed by atoms with Gasteiger partial charge in [-0.1, -0.05) is 42.8 Å². The molecule has 2 aromatic carbocycles. The highest BCUT2D eigenvalue weighted by atomic mass is 32.2. The molecule has 158 valence electrons. The average molecular weight is 419 g/mol. The summed E-state index contributed by atoms with van der Waals surface area (Å²) in [5.74, 6) is 0.378. The number of sulfonamides is 1. The van der Waals surface area contributed by atoms with E-state index in [9.17, 15) is 13.2 Å². The third-order valence-corrected chi connectivity index (χ3v) is 6.07. The Morgan fingerprint density at radius 2 is 1.79 bits per heavy atom. The number of benzene rings is 2. The van der Waals surface area contributed by atoms with Crippen molar-refractivity contribution in [2.24, 2.45) is 0 Å². The second kappa shape index (κ2) is 9.89. The standard InChI is InChI=1S/C22H30N2O4S/c1-6-21(20-12-7-16(2)13-17(20)3)23-22(25)15-28-19-10-8-18(9-11-19)14-24(4)29(5,26)27/h7-13,21H,6,14-15H2,1-5H3,(H,23,25). The summed E-state index contributed by atoms with van der Waals surface area (Å²) in [6.45, 7) is 6.35. The molecule has 0 spiro atoms. The van der Waals surface area contributed by atoms with Crippen LogP contribution in [0.15, 0.2) is 42.5 Å². The molecule has 0 aliphatic heterocycles. The highest BCUT2D eigenvalue weighted by Crippen LogP contribution is 2.22. The topological polar surface area (TPSA) is 75.7 Å². The molecule has 7 heteroatoms. The monoisotopic (exact) mass is 418 g/mol. The number of rotatable bonds is 9. The first-order valence-electron chi connectivity index (χ1n) is 9.59. The molecule has 0 aromatic heterocycles. The van der Waals surface area contributed by atoms with Gasteiger partial charge in [0.05, 0.1) is 12.3 Å². The Labute approximate surface area is 173 Å². The molecule has 0 aliphatic carbocycles. The highest BCUT2D eigenvalue weighted by molar-refractivity contribution is 7.88. The normalized spacial score (nSPS) is 12.6. The fourth-order valence-electron chi connectivity index (χ4n) is 3.07. The molecule has 0 saturated carbocycles. The smallest absolute Gasteiger partial charge is 0.258 e. The van der Waals surface area contributed by atoms with Crippen LogP contribution in [0.5, 0.6) is 5.75 Å². The van der Waals surface area contributed by atoms with Crippen LogP contribution in [0.4, 0.5) is 0 Å². The zero-order valence-corrected chi connectivity index (χ0v) is 18.5. The van der Waals surface area contributed by atoms with Gasteiger partial charge in [0.1, 0.15) is 5.75 Å². The van der Waals surface area contributed by atoms with Crippen LogP contribution in [0.1, 0.15) is 41.6 Å². The number of carbonyl (C=O) groups is 1. The summed E-state index contributed by atoms with van der Waals surface area (Å²) < 4.78 is 29.8. The van der Waals surface area contributed by atoms with Gasteiger partial charge in [-0.3, -0.25) is 4.79 Å².